The maximum Gasteiger partial charge on any atom is 0.194 e. The van der Waals surface area contributed by atoms with Crippen LogP contribution in [0.2, 0.25) is 0 Å². The standard InChI is InChI=1S/C21H33N3O2/c1-2-9-21(10-3-1)11-13-24(17-21)20(23-18-7-15-25-16-8-18)22-12-6-19-5-4-14-26-19/h4-5,14,18H,1-3,6-13,15-17H2,(H,22,23). The van der Waals surface area contributed by atoms with Gasteiger partial charge in [-0.25, -0.2) is 0 Å². The average Bonchev–Trinajstić information content (AvgIpc) is 3.33. The van der Waals surface area contributed by atoms with Crippen LogP contribution in [0.1, 0.15) is 57.1 Å². The molecule has 0 amide bonds. The molecule has 26 heavy (non-hydrogen) atoms. The van der Waals surface area contributed by atoms with E-state index in [9.17, 15) is 0 Å². The number of guanidine groups is 1. The quantitative estimate of drug-likeness (QED) is 0.659. The summed E-state index contributed by atoms with van der Waals surface area (Å²) in [5.74, 6) is 2.13. The Bertz CT molecular complexity index is 572. The van der Waals surface area contributed by atoms with Gasteiger partial charge in [0.15, 0.2) is 5.96 Å². The number of nitrogens with zero attached hydrogens (tertiary/aromatic N) is 2. The van der Waals surface area contributed by atoms with Crippen LogP contribution in [0.3, 0.4) is 0 Å². The van der Waals surface area contributed by atoms with Crippen LogP contribution < -0.4 is 5.32 Å². The lowest BCUT2D eigenvalue weighted by Crippen LogP contribution is -2.47. The fraction of sp³-hybridized carbons (Fsp3) is 0.762. The van der Waals surface area contributed by atoms with Crippen molar-refractivity contribution in [2.24, 2.45) is 10.4 Å². The molecule has 3 fully saturated rings. The zero-order chi connectivity index (χ0) is 17.7. The first-order valence-corrected chi connectivity index (χ1v) is 10.5. The molecule has 3 heterocycles. The molecule has 1 aromatic rings. The highest BCUT2D eigenvalue weighted by Gasteiger charge is 2.40. The summed E-state index contributed by atoms with van der Waals surface area (Å²) in [6, 6.07) is 4.48. The molecule has 1 spiro atoms. The molecule has 5 nitrogen and oxygen atoms in total. The second-order valence-electron chi connectivity index (χ2n) is 8.30. The van der Waals surface area contributed by atoms with Crippen molar-refractivity contribution < 1.29 is 9.15 Å². The first kappa shape index (κ1) is 17.9. The summed E-state index contributed by atoms with van der Waals surface area (Å²) in [5.41, 5.74) is 0.553. The van der Waals surface area contributed by atoms with Gasteiger partial charge >= 0.3 is 0 Å². The van der Waals surface area contributed by atoms with Crippen LogP contribution in [0.4, 0.5) is 0 Å². The number of furan rings is 1. The fourth-order valence-electron chi connectivity index (χ4n) is 4.81. The molecule has 0 unspecified atom stereocenters. The van der Waals surface area contributed by atoms with Crippen LogP contribution in [0.25, 0.3) is 0 Å². The summed E-state index contributed by atoms with van der Waals surface area (Å²) in [4.78, 5) is 7.51. The van der Waals surface area contributed by atoms with E-state index in [0.29, 0.717) is 11.5 Å². The van der Waals surface area contributed by atoms with E-state index in [1.54, 1.807) is 6.26 Å². The van der Waals surface area contributed by atoms with E-state index in [2.05, 4.69) is 10.2 Å². The van der Waals surface area contributed by atoms with Crippen LogP contribution in [0.5, 0.6) is 0 Å². The summed E-state index contributed by atoms with van der Waals surface area (Å²) in [5, 5.41) is 3.77. The third-order valence-electron chi connectivity index (χ3n) is 6.41. The summed E-state index contributed by atoms with van der Waals surface area (Å²) < 4.78 is 11.0. The van der Waals surface area contributed by atoms with Gasteiger partial charge in [-0.05, 0) is 49.7 Å². The van der Waals surface area contributed by atoms with E-state index < -0.39 is 0 Å². The Kier molecular flexibility index (Phi) is 5.83. The third-order valence-corrected chi connectivity index (χ3v) is 6.41. The lowest BCUT2D eigenvalue weighted by atomic mass is 9.73. The summed E-state index contributed by atoms with van der Waals surface area (Å²) in [6.07, 6.45) is 13.1. The predicted molar refractivity (Wildman–Crippen MR) is 103 cm³/mol. The van der Waals surface area contributed by atoms with E-state index in [1.807, 2.05) is 12.1 Å². The molecular weight excluding hydrogens is 326 g/mol. The Balaban J connectivity index is 1.41. The molecule has 2 saturated heterocycles. The number of hydrogen-bond acceptors (Lipinski definition) is 3. The molecular formula is C21H33N3O2. The lowest BCUT2D eigenvalue weighted by molar-refractivity contribution is 0.0815. The molecule has 1 aliphatic carbocycles. The van der Waals surface area contributed by atoms with Gasteiger partial charge in [-0.1, -0.05) is 19.3 Å². The Labute approximate surface area is 157 Å². The van der Waals surface area contributed by atoms with Crippen molar-refractivity contribution in [1.82, 2.24) is 10.2 Å². The number of hydrogen-bond donors (Lipinski definition) is 1. The molecule has 5 heteroatoms. The van der Waals surface area contributed by atoms with E-state index >= 15 is 0 Å². The molecule has 4 rings (SSSR count). The summed E-state index contributed by atoms with van der Waals surface area (Å²) in [7, 11) is 0. The van der Waals surface area contributed by atoms with E-state index in [1.165, 1.54) is 45.1 Å². The Morgan fingerprint density at radius 2 is 2.04 bits per heavy atom. The van der Waals surface area contributed by atoms with Crippen molar-refractivity contribution in [3.05, 3.63) is 24.2 Å². The molecule has 1 N–H and O–H groups in total. The maximum atomic E-state index is 5.52. The van der Waals surface area contributed by atoms with Crippen LogP contribution in [0, 0.1) is 5.41 Å². The van der Waals surface area contributed by atoms with Gasteiger partial charge in [0.05, 0.1) is 6.26 Å². The second kappa shape index (κ2) is 8.47. The molecule has 1 aromatic heterocycles. The van der Waals surface area contributed by atoms with Crippen molar-refractivity contribution in [2.45, 2.75) is 63.8 Å². The minimum absolute atomic E-state index is 0.494. The second-order valence-corrected chi connectivity index (χ2v) is 8.30. The molecule has 3 aliphatic rings. The SMILES string of the molecule is c1coc(CCN=C(NC2CCOCC2)N2CCC3(CCCCC3)C2)c1. The normalized spacial score (nSPS) is 24.3. The number of nitrogens with one attached hydrogen (secondary N) is 1. The molecule has 144 valence electrons. The van der Waals surface area contributed by atoms with Crippen molar-refractivity contribution in [2.75, 3.05) is 32.8 Å². The molecule has 0 bridgehead atoms. The predicted octanol–water partition coefficient (Wildman–Crippen LogP) is 3.60. The number of aliphatic imine (C=N–C) groups is 1. The first-order valence-electron chi connectivity index (χ1n) is 10.5. The van der Waals surface area contributed by atoms with Crippen molar-refractivity contribution >= 4 is 5.96 Å². The van der Waals surface area contributed by atoms with Gasteiger partial charge in [0, 0.05) is 45.3 Å². The van der Waals surface area contributed by atoms with Gasteiger partial charge in [0.25, 0.3) is 0 Å². The number of likely N-dealkylation sites (tertiary alicyclic amines) is 1. The monoisotopic (exact) mass is 359 g/mol. The first-order chi connectivity index (χ1) is 12.8. The number of rotatable bonds is 4. The average molecular weight is 360 g/mol. The van der Waals surface area contributed by atoms with Crippen LogP contribution in [0.15, 0.2) is 27.8 Å². The lowest BCUT2D eigenvalue weighted by Gasteiger charge is -2.34. The van der Waals surface area contributed by atoms with E-state index in [4.69, 9.17) is 14.1 Å². The highest BCUT2D eigenvalue weighted by molar-refractivity contribution is 5.80. The van der Waals surface area contributed by atoms with Crippen LogP contribution >= 0.6 is 0 Å². The molecule has 1 saturated carbocycles. The fourth-order valence-corrected chi connectivity index (χ4v) is 4.81. The van der Waals surface area contributed by atoms with Gasteiger partial charge in [-0.3, -0.25) is 4.99 Å². The molecule has 0 radical (unpaired) electrons. The van der Waals surface area contributed by atoms with Gasteiger partial charge < -0.3 is 19.4 Å². The van der Waals surface area contributed by atoms with Gasteiger partial charge in [-0.2, -0.15) is 0 Å². The minimum atomic E-state index is 0.494. The van der Waals surface area contributed by atoms with Crippen LogP contribution in [-0.2, 0) is 11.2 Å². The van der Waals surface area contributed by atoms with E-state index in [0.717, 1.165) is 57.3 Å². The summed E-state index contributed by atoms with van der Waals surface area (Å²) >= 11 is 0. The van der Waals surface area contributed by atoms with Gasteiger partial charge in [0.1, 0.15) is 5.76 Å². The number of ether oxygens (including phenoxy) is 1. The Morgan fingerprint density at radius 3 is 2.81 bits per heavy atom. The van der Waals surface area contributed by atoms with E-state index in [-0.39, 0.29) is 0 Å². The Hall–Kier alpha value is -1.49. The minimum Gasteiger partial charge on any atom is -0.469 e. The van der Waals surface area contributed by atoms with Gasteiger partial charge in [0.2, 0.25) is 0 Å². The van der Waals surface area contributed by atoms with Crippen LogP contribution in [-0.4, -0.2) is 49.7 Å². The zero-order valence-electron chi connectivity index (χ0n) is 15.9. The third kappa shape index (κ3) is 4.43. The molecule has 2 aliphatic heterocycles. The molecule has 0 atom stereocenters. The van der Waals surface area contributed by atoms with Crippen molar-refractivity contribution in [3.63, 3.8) is 0 Å². The zero-order valence-corrected chi connectivity index (χ0v) is 15.9. The molecule has 0 aromatic carbocycles. The smallest absolute Gasteiger partial charge is 0.194 e. The van der Waals surface area contributed by atoms with Crippen molar-refractivity contribution in [3.8, 4) is 0 Å². The Morgan fingerprint density at radius 1 is 1.19 bits per heavy atom. The topological polar surface area (TPSA) is 50.0 Å². The highest BCUT2D eigenvalue weighted by Crippen LogP contribution is 2.43. The van der Waals surface area contributed by atoms with Gasteiger partial charge in [-0.15, -0.1) is 0 Å². The van der Waals surface area contributed by atoms with Crippen molar-refractivity contribution in [1.29, 1.82) is 0 Å². The summed E-state index contributed by atoms with van der Waals surface area (Å²) in [6.45, 7) is 4.84. The highest BCUT2D eigenvalue weighted by atomic mass is 16.5. The largest absolute Gasteiger partial charge is 0.469 e. The maximum absolute atomic E-state index is 5.52.